The van der Waals surface area contributed by atoms with Gasteiger partial charge in [-0.25, -0.2) is 0 Å². The number of carbonyl (C=O) groups is 1. The Morgan fingerprint density at radius 1 is 1.40 bits per heavy atom. The number of rotatable bonds is 5. The maximum Gasteiger partial charge on any atom is 0.220 e. The number of likely N-dealkylation sites (tertiary alicyclic amines) is 1. The van der Waals surface area contributed by atoms with E-state index in [-0.39, 0.29) is 5.91 Å². The second-order valence-corrected chi connectivity index (χ2v) is 6.86. The first-order chi connectivity index (χ1) is 9.65. The Balaban J connectivity index is 1.64. The smallest absolute Gasteiger partial charge is 0.220 e. The Kier molecular flexibility index (Phi) is 6.30. The van der Waals surface area contributed by atoms with Crippen molar-refractivity contribution < 1.29 is 4.79 Å². The molecule has 0 aliphatic carbocycles. The lowest BCUT2D eigenvalue weighted by atomic mass is 9.85. The molecular weight excluding hydrogens is 250 g/mol. The second kappa shape index (κ2) is 7.99. The molecule has 2 fully saturated rings. The van der Waals surface area contributed by atoms with E-state index in [1.54, 1.807) is 0 Å². The van der Waals surface area contributed by atoms with Crippen molar-refractivity contribution >= 4 is 5.91 Å². The molecule has 2 rings (SSSR count). The molecule has 4 nitrogen and oxygen atoms in total. The van der Waals surface area contributed by atoms with E-state index < -0.39 is 0 Å². The van der Waals surface area contributed by atoms with Gasteiger partial charge in [0.2, 0.25) is 5.91 Å². The molecule has 0 aromatic carbocycles. The van der Waals surface area contributed by atoms with Crippen molar-refractivity contribution in [2.75, 3.05) is 39.8 Å². The Morgan fingerprint density at radius 2 is 2.25 bits per heavy atom. The summed E-state index contributed by atoms with van der Waals surface area (Å²) in [6, 6.07) is 0. The highest BCUT2D eigenvalue weighted by molar-refractivity contribution is 5.76. The lowest BCUT2D eigenvalue weighted by molar-refractivity contribution is -0.122. The van der Waals surface area contributed by atoms with Crippen molar-refractivity contribution in [1.29, 1.82) is 0 Å². The number of nitrogens with zero attached hydrogens (tertiary/aromatic N) is 1. The fraction of sp³-hybridized carbons (Fsp3) is 0.938. The van der Waals surface area contributed by atoms with Crippen LogP contribution in [0.15, 0.2) is 0 Å². The van der Waals surface area contributed by atoms with Crippen molar-refractivity contribution in [3.8, 4) is 0 Å². The molecule has 0 spiro atoms. The molecule has 3 unspecified atom stereocenters. The van der Waals surface area contributed by atoms with Crippen LogP contribution in [0, 0.1) is 17.8 Å². The molecular formula is C16H31N3O. The molecule has 2 N–H and O–H groups in total. The molecule has 0 saturated carbocycles. The van der Waals surface area contributed by atoms with Gasteiger partial charge in [0.15, 0.2) is 0 Å². The average Bonchev–Trinajstić information content (AvgIpc) is 2.46. The number of carbonyl (C=O) groups excluding carboxylic acids is 1. The zero-order valence-electron chi connectivity index (χ0n) is 13.2. The van der Waals surface area contributed by atoms with E-state index in [4.69, 9.17) is 0 Å². The first-order valence-electron chi connectivity index (χ1n) is 8.31. The van der Waals surface area contributed by atoms with Gasteiger partial charge in [-0.05, 0) is 70.1 Å². The predicted octanol–water partition coefficient (Wildman–Crippen LogP) is 1.47. The van der Waals surface area contributed by atoms with Crippen molar-refractivity contribution in [1.82, 2.24) is 15.5 Å². The molecule has 0 radical (unpaired) electrons. The third-order valence-electron chi connectivity index (χ3n) is 4.96. The van der Waals surface area contributed by atoms with Crippen LogP contribution >= 0.6 is 0 Å². The highest BCUT2D eigenvalue weighted by Crippen LogP contribution is 2.22. The number of piperidine rings is 2. The summed E-state index contributed by atoms with van der Waals surface area (Å²) in [4.78, 5) is 14.4. The van der Waals surface area contributed by atoms with Crippen molar-refractivity contribution in [2.24, 2.45) is 17.8 Å². The van der Waals surface area contributed by atoms with Crippen LogP contribution in [0.1, 0.15) is 39.0 Å². The zero-order valence-corrected chi connectivity index (χ0v) is 13.2. The van der Waals surface area contributed by atoms with Gasteiger partial charge in [0.05, 0.1) is 0 Å². The van der Waals surface area contributed by atoms with Gasteiger partial charge >= 0.3 is 0 Å². The summed E-state index contributed by atoms with van der Waals surface area (Å²) in [5, 5.41) is 6.60. The highest BCUT2D eigenvalue weighted by Gasteiger charge is 2.23. The summed E-state index contributed by atoms with van der Waals surface area (Å²) >= 11 is 0. The minimum atomic E-state index is 0.247. The van der Waals surface area contributed by atoms with Crippen molar-refractivity contribution in [2.45, 2.75) is 39.0 Å². The normalized spacial score (nSPS) is 29.9. The molecule has 0 aromatic heterocycles. The van der Waals surface area contributed by atoms with E-state index in [1.807, 2.05) is 0 Å². The highest BCUT2D eigenvalue weighted by atomic mass is 16.1. The number of amides is 1. The van der Waals surface area contributed by atoms with Crippen LogP contribution in [0.3, 0.4) is 0 Å². The number of hydrogen-bond acceptors (Lipinski definition) is 3. The minimum Gasteiger partial charge on any atom is -0.356 e. The van der Waals surface area contributed by atoms with Gasteiger partial charge in [-0.15, -0.1) is 0 Å². The minimum absolute atomic E-state index is 0.247. The average molecular weight is 281 g/mol. The molecule has 2 aliphatic rings. The molecule has 2 aliphatic heterocycles. The summed E-state index contributed by atoms with van der Waals surface area (Å²) in [6.07, 6.45) is 5.74. The van der Waals surface area contributed by atoms with Gasteiger partial charge in [-0.1, -0.05) is 6.92 Å². The Labute approximate surface area is 123 Å². The van der Waals surface area contributed by atoms with Crippen molar-refractivity contribution in [3.05, 3.63) is 0 Å². The quantitative estimate of drug-likeness (QED) is 0.802. The maximum atomic E-state index is 12.1. The molecule has 20 heavy (non-hydrogen) atoms. The SMILES string of the molecule is CC(CC(=O)NCC1CCCN(C)C1)C1CCCNC1. The predicted molar refractivity (Wildman–Crippen MR) is 82.6 cm³/mol. The third-order valence-corrected chi connectivity index (χ3v) is 4.96. The Bertz CT molecular complexity index is 302. The topological polar surface area (TPSA) is 44.4 Å². The van der Waals surface area contributed by atoms with Crippen LogP contribution in [0.4, 0.5) is 0 Å². The number of nitrogens with one attached hydrogen (secondary N) is 2. The monoisotopic (exact) mass is 281 g/mol. The van der Waals surface area contributed by atoms with Crippen LogP contribution in [-0.4, -0.2) is 50.6 Å². The molecule has 0 bridgehead atoms. The fourth-order valence-electron chi connectivity index (χ4n) is 3.59. The van der Waals surface area contributed by atoms with Crippen LogP contribution in [0.25, 0.3) is 0 Å². The molecule has 0 aromatic rings. The molecule has 2 heterocycles. The molecule has 116 valence electrons. The van der Waals surface area contributed by atoms with Gasteiger partial charge in [0, 0.05) is 19.5 Å². The first-order valence-corrected chi connectivity index (χ1v) is 8.31. The second-order valence-electron chi connectivity index (χ2n) is 6.86. The molecule has 2 saturated heterocycles. The lowest BCUT2D eigenvalue weighted by Gasteiger charge is -2.30. The third kappa shape index (κ3) is 5.06. The molecule has 1 amide bonds. The van der Waals surface area contributed by atoms with E-state index in [2.05, 4.69) is 29.5 Å². The summed E-state index contributed by atoms with van der Waals surface area (Å²) in [6.45, 7) is 7.65. The van der Waals surface area contributed by atoms with Crippen LogP contribution in [-0.2, 0) is 4.79 Å². The van der Waals surface area contributed by atoms with E-state index in [9.17, 15) is 4.79 Å². The largest absolute Gasteiger partial charge is 0.356 e. The standard InChI is InChI=1S/C16H31N3O/c1-13(15-6-3-7-17-11-15)9-16(20)18-10-14-5-4-8-19(2)12-14/h13-15,17H,3-12H2,1-2H3,(H,18,20). The van der Waals surface area contributed by atoms with E-state index in [1.165, 1.54) is 32.2 Å². The van der Waals surface area contributed by atoms with E-state index >= 15 is 0 Å². The van der Waals surface area contributed by atoms with E-state index in [0.717, 1.165) is 26.2 Å². The molecule has 4 heteroatoms. The van der Waals surface area contributed by atoms with Gasteiger partial charge in [0.25, 0.3) is 0 Å². The van der Waals surface area contributed by atoms with Crippen molar-refractivity contribution in [3.63, 3.8) is 0 Å². The summed E-state index contributed by atoms with van der Waals surface area (Å²) in [5.41, 5.74) is 0. The van der Waals surface area contributed by atoms with Gasteiger partial charge in [-0.3, -0.25) is 4.79 Å². The molecule has 3 atom stereocenters. The van der Waals surface area contributed by atoms with Gasteiger partial charge in [0.1, 0.15) is 0 Å². The van der Waals surface area contributed by atoms with Crippen LogP contribution in [0.2, 0.25) is 0 Å². The van der Waals surface area contributed by atoms with Gasteiger partial charge in [-0.2, -0.15) is 0 Å². The van der Waals surface area contributed by atoms with Crippen LogP contribution in [0.5, 0.6) is 0 Å². The van der Waals surface area contributed by atoms with Crippen LogP contribution < -0.4 is 10.6 Å². The Morgan fingerprint density at radius 3 is 2.95 bits per heavy atom. The zero-order chi connectivity index (χ0) is 14.4. The summed E-state index contributed by atoms with van der Waals surface area (Å²) in [7, 11) is 2.17. The number of hydrogen-bond donors (Lipinski definition) is 2. The first kappa shape index (κ1) is 15.8. The fourth-order valence-corrected chi connectivity index (χ4v) is 3.59. The van der Waals surface area contributed by atoms with E-state index in [0.29, 0.717) is 24.2 Å². The summed E-state index contributed by atoms with van der Waals surface area (Å²) < 4.78 is 0. The summed E-state index contributed by atoms with van der Waals surface area (Å²) in [5.74, 6) is 2.06. The Hall–Kier alpha value is -0.610. The maximum absolute atomic E-state index is 12.1. The van der Waals surface area contributed by atoms with Gasteiger partial charge < -0.3 is 15.5 Å². The lowest BCUT2D eigenvalue weighted by Crippen LogP contribution is -2.40.